The zero-order valence-corrected chi connectivity index (χ0v) is 15.6. The highest BCUT2D eigenvalue weighted by molar-refractivity contribution is 6.31. The first-order valence-electron chi connectivity index (χ1n) is 7.89. The predicted octanol–water partition coefficient (Wildman–Crippen LogP) is 7.26. The Labute approximate surface area is 168 Å². The topological polar surface area (TPSA) is 41.8 Å². The van der Waals surface area contributed by atoms with Crippen LogP contribution in [-0.4, -0.2) is 11.3 Å². The van der Waals surface area contributed by atoms with Gasteiger partial charge in [-0.15, -0.1) is 0 Å². The lowest BCUT2D eigenvalue weighted by molar-refractivity contribution is -0.137. The smallest absolute Gasteiger partial charge is 0.416 e. The first-order valence-corrected chi connectivity index (χ1v) is 8.65. The van der Waals surface area contributed by atoms with Crippen molar-refractivity contribution < 1.29 is 23.0 Å². The standard InChI is InChI=1S/C20H12Cl2F3NO2/c21-14-2-5-16(6-3-14)28-19-8-1-13(20(23,24)25)10-17(19)26-11-12-9-15(22)4-7-18(12)27/h1-11,27H. The van der Waals surface area contributed by atoms with Crippen molar-refractivity contribution in [1.29, 1.82) is 0 Å². The summed E-state index contributed by atoms with van der Waals surface area (Å²) in [6, 6.07) is 13.6. The first-order chi connectivity index (χ1) is 13.2. The van der Waals surface area contributed by atoms with Gasteiger partial charge in [-0.25, -0.2) is 0 Å². The summed E-state index contributed by atoms with van der Waals surface area (Å²) in [5, 5.41) is 10.7. The minimum Gasteiger partial charge on any atom is -0.507 e. The van der Waals surface area contributed by atoms with E-state index in [4.69, 9.17) is 27.9 Å². The van der Waals surface area contributed by atoms with Crippen LogP contribution in [0.2, 0.25) is 10.0 Å². The van der Waals surface area contributed by atoms with E-state index < -0.39 is 11.7 Å². The quantitative estimate of drug-likeness (QED) is 0.446. The van der Waals surface area contributed by atoms with Gasteiger partial charge in [0.15, 0.2) is 5.75 Å². The maximum atomic E-state index is 13.1. The van der Waals surface area contributed by atoms with Gasteiger partial charge in [0.1, 0.15) is 17.2 Å². The molecule has 0 saturated carbocycles. The van der Waals surface area contributed by atoms with Crippen LogP contribution in [-0.2, 0) is 6.18 Å². The molecule has 0 spiro atoms. The third kappa shape index (κ3) is 4.97. The van der Waals surface area contributed by atoms with Gasteiger partial charge < -0.3 is 9.84 Å². The van der Waals surface area contributed by atoms with Gasteiger partial charge >= 0.3 is 6.18 Å². The number of alkyl halides is 3. The SMILES string of the molecule is Oc1ccc(Cl)cc1C=Nc1cc(C(F)(F)F)ccc1Oc1ccc(Cl)cc1. The number of halogens is 5. The van der Waals surface area contributed by atoms with Gasteiger partial charge in [-0.1, -0.05) is 23.2 Å². The van der Waals surface area contributed by atoms with Gasteiger partial charge in [-0.05, 0) is 60.7 Å². The summed E-state index contributed by atoms with van der Waals surface area (Å²) in [4.78, 5) is 4.07. The molecule has 3 aromatic rings. The lowest BCUT2D eigenvalue weighted by Crippen LogP contribution is -2.04. The number of benzene rings is 3. The maximum Gasteiger partial charge on any atom is 0.416 e. The molecule has 144 valence electrons. The van der Waals surface area contributed by atoms with Crippen molar-refractivity contribution in [3.05, 3.63) is 81.8 Å². The van der Waals surface area contributed by atoms with Crippen LogP contribution in [0.5, 0.6) is 17.2 Å². The molecule has 0 saturated heterocycles. The Balaban J connectivity index is 2.01. The molecule has 0 aliphatic carbocycles. The average molecular weight is 426 g/mol. The van der Waals surface area contributed by atoms with Crippen molar-refractivity contribution in [3.8, 4) is 17.2 Å². The molecule has 8 heteroatoms. The predicted molar refractivity (Wildman–Crippen MR) is 103 cm³/mol. The van der Waals surface area contributed by atoms with Crippen molar-refractivity contribution in [2.45, 2.75) is 6.18 Å². The summed E-state index contributed by atoms with van der Waals surface area (Å²) in [6.45, 7) is 0. The zero-order valence-electron chi connectivity index (χ0n) is 14.0. The number of nitrogens with zero attached hydrogens (tertiary/aromatic N) is 1. The van der Waals surface area contributed by atoms with Crippen LogP contribution >= 0.6 is 23.2 Å². The van der Waals surface area contributed by atoms with Crippen LogP contribution < -0.4 is 4.74 Å². The van der Waals surface area contributed by atoms with Crippen LogP contribution in [0.25, 0.3) is 0 Å². The largest absolute Gasteiger partial charge is 0.507 e. The van der Waals surface area contributed by atoms with Crippen molar-refractivity contribution in [1.82, 2.24) is 0 Å². The highest BCUT2D eigenvalue weighted by atomic mass is 35.5. The second-order valence-electron chi connectivity index (χ2n) is 5.70. The van der Waals surface area contributed by atoms with Gasteiger partial charge in [0.25, 0.3) is 0 Å². The summed E-state index contributed by atoms with van der Waals surface area (Å²) < 4.78 is 44.9. The monoisotopic (exact) mass is 425 g/mol. The van der Waals surface area contributed by atoms with Crippen molar-refractivity contribution >= 4 is 35.1 Å². The van der Waals surface area contributed by atoms with E-state index in [2.05, 4.69) is 4.99 Å². The molecule has 28 heavy (non-hydrogen) atoms. The summed E-state index contributed by atoms with van der Waals surface area (Å²) in [5.74, 6) is 0.375. The maximum absolute atomic E-state index is 13.1. The molecule has 3 aromatic carbocycles. The molecule has 0 heterocycles. The molecule has 0 fully saturated rings. The average Bonchev–Trinajstić information content (AvgIpc) is 2.64. The molecule has 0 unspecified atom stereocenters. The number of aliphatic imine (C=N–C) groups is 1. The van der Waals surface area contributed by atoms with E-state index in [1.165, 1.54) is 30.5 Å². The van der Waals surface area contributed by atoms with Crippen molar-refractivity contribution in [2.24, 2.45) is 4.99 Å². The van der Waals surface area contributed by atoms with Crippen LogP contribution in [0.1, 0.15) is 11.1 Å². The Morgan fingerprint density at radius 1 is 0.893 bits per heavy atom. The fourth-order valence-corrected chi connectivity index (χ4v) is 2.58. The molecule has 0 aliphatic heterocycles. The summed E-state index contributed by atoms with van der Waals surface area (Å²) >= 11 is 11.7. The molecule has 0 atom stereocenters. The summed E-state index contributed by atoms with van der Waals surface area (Å²) in [7, 11) is 0. The van der Waals surface area contributed by atoms with Crippen LogP contribution in [0, 0.1) is 0 Å². The van der Waals surface area contributed by atoms with Gasteiger partial charge in [-0.3, -0.25) is 4.99 Å². The molecular formula is C20H12Cl2F3NO2. The molecule has 0 bridgehead atoms. The Morgan fingerprint density at radius 3 is 2.25 bits per heavy atom. The second-order valence-corrected chi connectivity index (χ2v) is 6.57. The molecule has 0 amide bonds. The van der Waals surface area contributed by atoms with E-state index in [0.29, 0.717) is 15.8 Å². The zero-order chi connectivity index (χ0) is 20.3. The molecule has 0 radical (unpaired) electrons. The number of aromatic hydroxyl groups is 1. The molecule has 0 aliphatic rings. The number of phenolic OH excluding ortho intramolecular Hbond substituents is 1. The molecule has 3 nitrogen and oxygen atoms in total. The third-order valence-corrected chi connectivity index (χ3v) is 4.15. The Kier molecular flexibility index (Phi) is 5.82. The van der Waals surface area contributed by atoms with Crippen LogP contribution in [0.15, 0.2) is 65.7 Å². The first kappa shape index (κ1) is 20.0. The van der Waals surface area contributed by atoms with Gasteiger partial charge in [0.05, 0.1) is 5.56 Å². The molecule has 1 N–H and O–H groups in total. The normalized spacial score (nSPS) is 11.8. The van der Waals surface area contributed by atoms with Crippen LogP contribution in [0.3, 0.4) is 0 Å². The lowest BCUT2D eigenvalue weighted by Gasteiger charge is -2.12. The molecular weight excluding hydrogens is 414 g/mol. The number of ether oxygens (including phenoxy) is 1. The molecule has 0 aromatic heterocycles. The van der Waals surface area contributed by atoms with E-state index in [9.17, 15) is 18.3 Å². The lowest BCUT2D eigenvalue weighted by atomic mass is 10.1. The minimum atomic E-state index is -4.54. The highest BCUT2D eigenvalue weighted by Gasteiger charge is 2.31. The van der Waals surface area contributed by atoms with E-state index in [-0.39, 0.29) is 22.7 Å². The number of phenols is 1. The number of hydrogen-bond acceptors (Lipinski definition) is 3. The Bertz CT molecular complexity index is 1020. The van der Waals surface area contributed by atoms with E-state index in [0.717, 1.165) is 12.1 Å². The fraction of sp³-hybridized carbons (Fsp3) is 0.0500. The summed E-state index contributed by atoms with van der Waals surface area (Å²) in [5.41, 5.74) is -0.690. The van der Waals surface area contributed by atoms with Crippen molar-refractivity contribution in [2.75, 3.05) is 0 Å². The Morgan fingerprint density at radius 2 is 1.57 bits per heavy atom. The number of hydrogen-bond donors (Lipinski definition) is 1. The van der Waals surface area contributed by atoms with Gasteiger partial charge in [0, 0.05) is 21.8 Å². The number of rotatable bonds is 4. The van der Waals surface area contributed by atoms with E-state index in [1.54, 1.807) is 24.3 Å². The van der Waals surface area contributed by atoms with Gasteiger partial charge in [0.2, 0.25) is 0 Å². The third-order valence-electron chi connectivity index (χ3n) is 3.66. The molecule has 3 rings (SSSR count). The fourth-order valence-electron chi connectivity index (χ4n) is 2.28. The Hall–Kier alpha value is -2.70. The highest BCUT2D eigenvalue weighted by Crippen LogP contribution is 2.38. The van der Waals surface area contributed by atoms with Gasteiger partial charge in [-0.2, -0.15) is 13.2 Å². The van der Waals surface area contributed by atoms with E-state index >= 15 is 0 Å². The minimum absolute atomic E-state index is 0.0656. The second kappa shape index (κ2) is 8.12. The van der Waals surface area contributed by atoms with E-state index in [1.807, 2.05) is 0 Å². The van der Waals surface area contributed by atoms with Crippen molar-refractivity contribution in [3.63, 3.8) is 0 Å². The summed E-state index contributed by atoms with van der Waals surface area (Å²) in [6.07, 6.45) is -3.33. The van der Waals surface area contributed by atoms with Crippen LogP contribution in [0.4, 0.5) is 18.9 Å².